The summed E-state index contributed by atoms with van der Waals surface area (Å²) in [5, 5.41) is 6.31. The lowest BCUT2D eigenvalue weighted by molar-refractivity contribution is -0.115. The topological polar surface area (TPSA) is 50.4 Å². The highest BCUT2D eigenvalue weighted by Crippen LogP contribution is 2.37. The van der Waals surface area contributed by atoms with Gasteiger partial charge in [0.05, 0.1) is 12.5 Å². The van der Waals surface area contributed by atoms with Crippen LogP contribution in [0.1, 0.15) is 43.4 Å². The van der Waals surface area contributed by atoms with Crippen LogP contribution in [0.15, 0.2) is 18.2 Å². The number of carbonyl (C=O) groups excluding carboxylic acids is 1. The number of benzene rings is 1. The third-order valence-corrected chi connectivity index (χ3v) is 4.67. The van der Waals surface area contributed by atoms with E-state index in [1.807, 2.05) is 13.1 Å². The van der Waals surface area contributed by atoms with E-state index in [-0.39, 0.29) is 5.91 Å². The minimum absolute atomic E-state index is 0.0988. The fraction of sp³-hybridized carbons (Fsp3) is 0.588. The number of hydrogen-bond acceptors (Lipinski definition) is 3. The van der Waals surface area contributed by atoms with Gasteiger partial charge in [-0.15, -0.1) is 0 Å². The fourth-order valence-corrected chi connectivity index (χ4v) is 3.46. The summed E-state index contributed by atoms with van der Waals surface area (Å²) in [5.41, 5.74) is 3.38. The molecule has 1 aromatic rings. The molecule has 3 rings (SSSR count). The maximum Gasteiger partial charge on any atom is 0.228 e. The van der Waals surface area contributed by atoms with Gasteiger partial charge in [-0.2, -0.15) is 0 Å². The second-order valence-electron chi connectivity index (χ2n) is 6.13. The molecule has 1 unspecified atom stereocenters. The molecule has 2 aliphatic rings. The molecule has 1 atom stereocenters. The number of amides is 1. The Morgan fingerprint density at radius 1 is 1.43 bits per heavy atom. The van der Waals surface area contributed by atoms with Crippen LogP contribution in [0.25, 0.3) is 0 Å². The van der Waals surface area contributed by atoms with E-state index in [1.165, 1.54) is 18.4 Å². The first-order valence-corrected chi connectivity index (χ1v) is 7.91. The zero-order chi connectivity index (χ0) is 14.8. The molecule has 2 N–H and O–H groups in total. The zero-order valence-electron chi connectivity index (χ0n) is 12.8. The summed E-state index contributed by atoms with van der Waals surface area (Å²) in [4.78, 5) is 11.4. The zero-order valence-corrected chi connectivity index (χ0v) is 12.8. The first-order valence-electron chi connectivity index (χ1n) is 7.91. The lowest BCUT2D eigenvalue weighted by atomic mass is 9.77. The molecule has 4 nitrogen and oxygen atoms in total. The molecule has 114 valence electrons. The molecule has 21 heavy (non-hydrogen) atoms. The summed E-state index contributed by atoms with van der Waals surface area (Å²) in [6, 6.07) is 6.69. The van der Waals surface area contributed by atoms with Gasteiger partial charge in [0.25, 0.3) is 0 Å². The van der Waals surface area contributed by atoms with Crippen LogP contribution in [0.2, 0.25) is 0 Å². The third-order valence-electron chi connectivity index (χ3n) is 4.67. The number of fused-ring (bicyclic) bond motifs is 1. The van der Waals surface area contributed by atoms with E-state index in [1.54, 1.807) is 0 Å². The van der Waals surface area contributed by atoms with Crippen molar-refractivity contribution in [2.75, 3.05) is 19.0 Å². The van der Waals surface area contributed by atoms with E-state index in [4.69, 9.17) is 4.74 Å². The van der Waals surface area contributed by atoms with Crippen molar-refractivity contribution < 1.29 is 9.53 Å². The number of carbonyl (C=O) groups is 1. The Kier molecular flexibility index (Phi) is 4.27. The van der Waals surface area contributed by atoms with Crippen molar-refractivity contribution in [3.05, 3.63) is 29.3 Å². The van der Waals surface area contributed by atoms with Gasteiger partial charge in [-0.1, -0.05) is 12.1 Å². The van der Waals surface area contributed by atoms with E-state index in [0.29, 0.717) is 18.6 Å². The highest BCUT2D eigenvalue weighted by molar-refractivity contribution is 5.99. The van der Waals surface area contributed by atoms with Crippen molar-refractivity contribution in [3.8, 4) is 0 Å². The van der Waals surface area contributed by atoms with Gasteiger partial charge in [0, 0.05) is 18.3 Å². The molecule has 0 bridgehead atoms. The Morgan fingerprint density at radius 3 is 2.95 bits per heavy atom. The molecule has 0 aromatic heterocycles. The average Bonchev–Trinajstić information content (AvgIpc) is 2.80. The highest BCUT2D eigenvalue weighted by Gasteiger charge is 2.31. The monoisotopic (exact) mass is 288 g/mol. The SMILES string of the molecule is CCOC1CC(CC(NC)c2ccc3c(c2)CC(=O)N3)C1. The van der Waals surface area contributed by atoms with E-state index < -0.39 is 0 Å². The summed E-state index contributed by atoms with van der Waals surface area (Å²) in [7, 11) is 2.01. The summed E-state index contributed by atoms with van der Waals surface area (Å²) in [6.45, 7) is 2.88. The molecule has 1 amide bonds. The minimum atomic E-state index is 0.0988. The van der Waals surface area contributed by atoms with Crippen molar-refractivity contribution in [1.29, 1.82) is 0 Å². The van der Waals surface area contributed by atoms with Crippen LogP contribution in [0.4, 0.5) is 5.69 Å². The lowest BCUT2D eigenvalue weighted by Gasteiger charge is -2.37. The molecule has 1 aliphatic carbocycles. The molecule has 4 heteroatoms. The lowest BCUT2D eigenvalue weighted by Crippen LogP contribution is -2.34. The first kappa shape index (κ1) is 14.5. The van der Waals surface area contributed by atoms with Gasteiger partial charge < -0.3 is 15.4 Å². The molecule has 0 radical (unpaired) electrons. The van der Waals surface area contributed by atoms with E-state index in [2.05, 4.69) is 29.7 Å². The van der Waals surface area contributed by atoms with Crippen LogP contribution in [0.3, 0.4) is 0 Å². The second-order valence-corrected chi connectivity index (χ2v) is 6.13. The van der Waals surface area contributed by atoms with Gasteiger partial charge >= 0.3 is 0 Å². The Hall–Kier alpha value is -1.39. The smallest absolute Gasteiger partial charge is 0.228 e. The minimum Gasteiger partial charge on any atom is -0.378 e. The average molecular weight is 288 g/mol. The van der Waals surface area contributed by atoms with Crippen molar-refractivity contribution in [2.24, 2.45) is 5.92 Å². The Labute approximate surface area is 126 Å². The Bertz CT molecular complexity index is 524. The standard InChI is InChI=1S/C17H24N2O2/c1-3-21-14-6-11(7-14)8-16(18-2)12-4-5-15-13(9-12)10-17(20)19-15/h4-5,9,11,14,16,18H,3,6-8,10H2,1-2H3,(H,19,20). The maximum absolute atomic E-state index is 11.4. The molecular formula is C17H24N2O2. The van der Waals surface area contributed by atoms with Gasteiger partial charge in [-0.05, 0) is 56.3 Å². The molecule has 1 saturated carbocycles. The summed E-state index contributed by atoms with van der Waals surface area (Å²) < 4.78 is 5.64. The summed E-state index contributed by atoms with van der Waals surface area (Å²) in [5.74, 6) is 0.841. The molecule has 1 fully saturated rings. The predicted molar refractivity (Wildman–Crippen MR) is 83.3 cm³/mol. The molecular weight excluding hydrogens is 264 g/mol. The maximum atomic E-state index is 11.4. The quantitative estimate of drug-likeness (QED) is 0.846. The third kappa shape index (κ3) is 3.11. The van der Waals surface area contributed by atoms with E-state index >= 15 is 0 Å². The Balaban J connectivity index is 1.62. The first-order chi connectivity index (χ1) is 10.2. The van der Waals surface area contributed by atoms with Crippen molar-refractivity contribution in [2.45, 2.75) is 44.8 Å². The van der Waals surface area contributed by atoms with Crippen LogP contribution < -0.4 is 10.6 Å². The fourth-order valence-electron chi connectivity index (χ4n) is 3.46. The Morgan fingerprint density at radius 2 is 2.24 bits per heavy atom. The number of rotatable bonds is 6. The van der Waals surface area contributed by atoms with E-state index in [0.717, 1.165) is 30.2 Å². The van der Waals surface area contributed by atoms with Crippen molar-refractivity contribution in [3.63, 3.8) is 0 Å². The number of anilines is 1. The number of hydrogen-bond donors (Lipinski definition) is 2. The summed E-state index contributed by atoms with van der Waals surface area (Å²) in [6.07, 6.45) is 4.48. The number of ether oxygens (including phenoxy) is 1. The van der Waals surface area contributed by atoms with Crippen molar-refractivity contribution in [1.82, 2.24) is 5.32 Å². The molecule has 1 heterocycles. The van der Waals surface area contributed by atoms with Crippen LogP contribution in [0, 0.1) is 5.92 Å². The van der Waals surface area contributed by atoms with Crippen LogP contribution >= 0.6 is 0 Å². The summed E-state index contributed by atoms with van der Waals surface area (Å²) >= 11 is 0. The van der Waals surface area contributed by atoms with Gasteiger partial charge in [0.1, 0.15) is 0 Å². The molecule has 0 saturated heterocycles. The van der Waals surface area contributed by atoms with Gasteiger partial charge in [0.2, 0.25) is 5.91 Å². The predicted octanol–water partition coefficient (Wildman–Crippen LogP) is 2.65. The molecule has 1 aliphatic heterocycles. The second kappa shape index (κ2) is 6.16. The van der Waals surface area contributed by atoms with Gasteiger partial charge in [0.15, 0.2) is 0 Å². The van der Waals surface area contributed by atoms with E-state index in [9.17, 15) is 4.79 Å². The number of nitrogens with one attached hydrogen (secondary N) is 2. The van der Waals surface area contributed by atoms with Gasteiger partial charge in [-0.3, -0.25) is 4.79 Å². The van der Waals surface area contributed by atoms with Gasteiger partial charge in [-0.25, -0.2) is 0 Å². The van der Waals surface area contributed by atoms with Crippen LogP contribution in [-0.2, 0) is 16.0 Å². The largest absolute Gasteiger partial charge is 0.378 e. The normalized spacial score (nSPS) is 25.1. The van der Waals surface area contributed by atoms with Crippen molar-refractivity contribution >= 4 is 11.6 Å². The molecule has 1 aromatic carbocycles. The van der Waals surface area contributed by atoms with Crippen LogP contribution in [-0.4, -0.2) is 25.7 Å². The van der Waals surface area contributed by atoms with Crippen LogP contribution in [0.5, 0.6) is 0 Å². The molecule has 0 spiro atoms. The highest BCUT2D eigenvalue weighted by atomic mass is 16.5.